The second kappa shape index (κ2) is 6.13. The van der Waals surface area contributed by atoms with Crippen molar-refractivity contribution in [2.75, 3.05) is 18.0 Å². The number of hydrogen-bond acceptors (Lipinski definition) is 3. The highest BCUT2D eigenvalue weighted by molar-refractivity contribution is 5.45. The Labute approximate surface area is 122 Å². The van der Waals surface area contributed by atoms with Crippen LogP contribution in [0.5, 0.6) is 0 Å². The number of pyridine rings is 1. The number of aryl methyl sites for hydroxylation is 2. The van der Waals surface area contributed by atoms with E-state index < -0.39 is 0 Å². The first-order valence-corrected chi connectivity index (χ1v) is 8.28. The topological polar surface area (TPSA) is 28.2 Å². The summed E-state index contributed by atoms with van der Waals surface area (Å²) in [4.78, 5) is 7.52. The van der Waals surface area contributed by atoms with Crippen molar-refractivity contribution in [3.63, 3.8) is 0 Å². The normalized spacial score (nSPS) is 23.7. The molecule has 0 aromatic carbocycles. The first kappa shape index (κ1) is 13.9. The Kier molecular flexibility index (Phi) is 4.25. The van der Waals surface area contributed by atoms with Crippen LogP contribution in [0, 0.1) is 0 Å². The molecule has 1 aromatic heterocycles. The van der Waals surface area contributed by atoms with E-state index in [1.165, 1.54) is 55.6 Å². The summed E-state index contributed by atoms with van der Waals surface area (Å²) >= 11 is 0. The molecule has 2 unspecified atom stereocenters. The van der Waals surface area contributed by atoms with Crippen molar-refractivity contribution in [3.05, 3.63) is 23.4 Å². The fourth-order valence-corrected chi connectivity index (χ4v) is 3.79. The van der Waals surface area contributed by atoms with E-state index in [1.54, 1.807) is 0 Å². The molecule has 3 rings (SSSR count). The van der Waals surface area contributed by atoms with Gasteiger partial charge in [-0.1, -0.05) is 13.0 Å². The summed E-state index contributed by atoms with van der Waals surface area (Å²) in [7, 11) is 0. The van der Waals surface area contributed by atoms with E-state index in [4.69, 9.17) is 4.98 Å². The van der Waals surface area contributed by atoms with Gasteiger partial charge in [-0.05, 0) is 63.6 Å². The fourth-order valence-electron chi connectivity index (χ4n) is 3.79. The third kappa shape index (κ3) is 2.69. The fraction of sp³-hybridized carbons (Fsp3) is 0.706. The van der Waals surface area contributed by atoms with E-state index in [1.807, 2.05) is 0 Å². The van der Waals surface area contributed by atoms with E-state index in [0.717, 1.165) is 13.1 Å². The summed E-state index contributed by atoms with van der Waals surface area (Å²) < 4.78 is 0. The zero-order valence-corrected chi connectivity index (χ0v) is 12.9. The highest BCUT2D eigenvalue weighted by Crippen LogP contribution is 2.28. The minimum Gasteiger partial charge on any atom is -0.352 e. The Morgan fingerprint density at radius 2 is 2.20 bits per heavy atom. The summed E-state index contributed by atoms with van der Waals surface area (Å²) in [6, 6.07) is 5.70. The van der Waals surface area contributed by atoms with Gasteiger partial charge in [-0.3, -0.25) is 0 Å². The smallest absolute Gasteiger partial charge is 0.129 e. The first-order chi connectivity index (χ1) is 9.79. The maximum atomic E-state index is 4.97. The monoisotopic (exact) mass is 273 g/mol. The maximum absolute atomic E-state index is 4.97. The van der Waals surface area contributed by atoms with Crippen molar-refractivity contribution in [1.82, 2.24) is 10.3 Å². The van der Waals surface area contributed by atoms with Crippen LogP contribution in [-0.4, -0.2) is 30.2 Å². The molecule has 2 aliphatic rings. The quantitative estimate of drug-likeness (QED) is 0.914. The molecule has 0 saturated carbocycles. The van der Waals surface area contributed by atoms with Gasteiger partial charge in [0, 0.05) is 24.3 Å². The lowest BCUT2D eigenvalue weighted by Crippen LogP contribution is -2.51. The molecule has 20 heavy (non-hydrogen) atoms. The van der Waals surface area contributed by atoms with Crippen LogP contribution < -0.4 is 10.2 Å². The van der Waals surface area contributed by atoms with Gasteiger partial charge in [-0.15, -0.1) is 0 Å². The van der Waals surface area contributed by atoms with Crippen LogP contribution in [0.25, 0.3) is 0 Å². The number of fused-ring (bicyclic) bond motifs is 1. The van der Waals surface area contributed by atoms with E-state index in [-0.39, 0.29) is 0 Å². The Hall–Kier alpha value is -1.09. The average Bonchev–Trinajstić information content (AvgIpc) is 2.95. The van der Waals surface area contributed by atoms with Crippen LogP contribution in [0.2, 0.25) is 0 Å². The summed E-state index contributed by atoms with van der Waals surface area (Å²) in [5, 5.41) is 3.60. The van der Waals surface area contributed by atoms with E-state index in [2.05, 4.69) is 36.2 Å². The number of hydrogen-bond donors (Lipinski definition) is 1. The van der Waals surface area contributed by atoms with Crippen LogP contribution in [0.1, 0.15) is 50.8 Å². The largest absolute Gasteiger partial charge is 0.352 e. The molecular weight excluding hydrogens is 246 g/mol. The summed E-state index contributed by atoms with van der Waals surface area (Å²) in [5.74, 6) is 1.21. The Morgan fingerprint density at radius 1 is 1.30 bits per heavy atom. The third-order valence-corrected chi connectivity index (χ3v) is 4.86. The number of aromatic nitrogens is 1. The Bertz CT molecular complexity index is 458. The summed E-state index contributed by atoms with van der Waals surface area (Å²) in [6.45, 7) is 6.71. The first-order valence-electron chi connectivity index (χ1n) is 8.28. The Balaban J connectivity index is 1.82. The van der Waals surface area contributed by atoms with Crippen LogP contribution in [0.15, 0.2) is 12.1 Å². The van der Waals surface area contributed by atoms with Gasteiger partial charge in [0.2, 0.25) is 0 Å². The maximum Gasteiger partial charge on any atom is 0.129 e. The minimum atomic E-state index is 0.537. The van der Waals surface area contributed by atoms with Crippen molar-refractivity contribution in [2.24, 2.45) is 0 Å². The second-order valence-corrected chi connectivity index (χ2v) is 6.23. The Morgan fingerprint density at radius 3 is 3.05 bits per heavy atom. The lowest BCUT2D eigenvalue weighted by molar-refractivity contribution is 0.370. The molecule has 1 fully saturated rings. The molecule has 2 heterocycles. The minimum absolute atomic E-state index is 0.537. The number of anilines is 1. The molecule has 1 aromatic rings. The van der Waals surface area contributed by atoms with E-state index in [9.17, 15) is 0 Å². The number of nitrogens with zero attached hydrogens (tertiary/aromatic N) is 2. The van der Waals surface area contributed by atoms with Gasteiger partial charge in [0.1, 0.15) is 5.82 Å². The molecule has 0 amide bonds. The van der Waals surface area contributed by atoms with E-state index >= 15 is 0 Å². The SMILES string of the molecule is CCNC(C)C1CCCCN1c1ccc2c(n1)CCC2. The zero-order chi connectivity index (χ0) is 13.9. The molecule has 3 heteroatoms. The molecule has 1 aliphatic carbocycles. The molecule has 110 valence electrons. The van der Waals surface area contributed by atoms with Crippen molar-refractivity contribution >= 4 is 5.82 Å². The van der Waals surface area contributed by atoms with Crippen molar-refractivity contribution in [2.45, 2.75) is 64.5 Å². The number of nitrogens with one attached hydrogen (secondary N) is 1. The van der Waals surface area contributed by atoms with Gasteiger partial charge < -0.3 is 10.2 Å². The van der Waals surface area contributed by atoms with Gasteiger partial charge in [0.05, 0.1) is 0 Å². The highest BCUT2D eigenvalue weighted by Gasteiger charge is 2.28. The molecule has 1 aliphatic heterocycles. The van der Waals surface area contributed by atoms with Crippen molar-refractivity contribution in [1.29, 1.82) is 0 Å². The third-order valence-electron chi connectivity index (χ3n) is 4.86. The lowest BCUT2D eigenvalue weighted by Gasteiger charge is -2.40. The summed E-state index contributed by atoms with van der Waals surface area (Å²) in [5.41, 5.74) is 2.82. The molecule has 0 radical (unpaired) electrons. The molecule has 2 atom stereocenters. The van der Waals surface area contributed by atoms with E-state index in [0.29, 0.717) is 12.1 Å². The molecule has 1 N–H and O–H groups in total. The summed E-state index contributed by atoms with van der Waals surface area (Å²) in [6.07, 6.45) is 7.61. The van der Waals surface area contributed by atoms with Gasteiger partial charge in [0.15, 0.2) is 0 Å². The van der Waals surface area contributed by atoms with Crippen LogP contribution in [-0.2, 0) is 12.8 Å². The molecular formula is C17H27N3. The molecule has 1 saturated heterocycles. The lowest BCUT2D eigenvalue weighted by atomic mass is 9.96. The number of rotatable bonds is 4. The van der Waals surface area contributed by atoms with Crippen molar-refractivity contribution < 1.29 is 0 Å². The number of likely N-dealkylation sites (N-methyl/N-ethyl adjacent to an activating group) is 1. The van der Waals surface area contributed by atoms with Crippen molar-refractivity contribution in [3.8, 4) is 0 Å². The predicted molar refractivity (Wildman–Crippen MR) is 84.4 cm³/mol. The second-order valence-electron chi connectivity index (χ2n) is 6.23. The zero-order valence-electron chi connectivity index (χ0n) is 12.9. The highest BCUT2D eigenvalue weighted by atomic mass is 15.2. The number of piperidine rings is 1. The molecule has 0 spiro atoms. The predicted octanol–water partition coefficient (Wildman–Crippen LogP) is 2.93. The van der Waals surface area contributed by atoms with Gasteiger partial charge in [-0.25, -0.2) is 4.98 Å². The van der Waals surface area contributed by atoms with Gasteiger partial charge in [0.25, 0.3) is 0 Å². The van der Waals surface area contributed by atoms with Gasteiger partial charge >= 0.3 is 0 Å². The van der Waals surface area contributed by atoms with Crippen LogP contribution >= 0.6 is 0 Å². The van der Waals surface area contributed by atoms with Gasteiger partial charge in [-0.2, -0.15) is 0 Å². The standard InChI is InChI=1S/C17H27N3/c1-3-18-13(2)16-9-4-5-12-20(16)17-11-10-14-7-6-8-15(14)19-17/h10-11,13,16,18H,3-9,12H2,1-2H3. The molecule has 3 nitrogen and oxygen atoms in total. The van der Waals surface area contributed by atoms with Crippen LogP contribution in [0.4, 0.5) is 5.82 Å². The molecule has 0 bridgehead atoms. The van der Waals surface area contributed by atoms with Crippen LogP contribution in [0.3, 0.4) is 0 Å². The average molecular weight is 273 g/mol.